The number of carbonyl (C=O) groups is 2. The molecule has 0 N–H and O–H groups in total. The maximum absolute atomic E-state index is 13.9. The monoisotopic (exact) mass is 399 g/mol. The van der Waals surface area contributed by atoms with E-state index in [1.165, 1.54) is 35.2 Å². The topological polar surface area (TPSA) is 43.9 Å². The fourth-order valence-corrected chi connectivity index (χ4v) is 4.59. The first kappa shape index (κ1) is 19.4. The second-order valence-corrected chi connectivity index (χ2v) is 7.97. The van der Waals surface area contributed by atoms with E-state index in [0.29, 0.717) is 25.2 Å². The molecule has 2 aromatic carbocycles. The number of rotatable bonds is 2. The van der Waals surface area contributed by atoms with Crippen LogP contribution in [0, 0.1) is 23.5 Å². The number of amides is 3. The van der Waals surface area contributed by atoms with Gasteiger partial charge in [0.05, 0.1) is 6.04 Å². The third kappa shape index (κ3) is 3.57. The smallest absolute Gasteiger partial charge is 0.320 e. The van der Waals surface area contributed by atoms with Crippen LogP contribution in [0.4, 0.5) is 13.6 Å². The molecule has 152 valence electrons. The van der Waals surface area contributed by atoms with Crippen LogP contribution in [0.25, 0.3) is 0 Å². The number of likely N-dealkylation sites (tertiary alicyclic amines) is 2. The minimum absolute atomic E-state index is 0.00166. The minimum atomic E-state index is -0.448. The van der Waals surface area contributed by atoms with Crippen molar-refractivity contribution in [3.05, 3.63) is 71.3 Å². The number of hydrogen-bond donors (Lipinski definition) is 0. The van der Waals surface area contributed by atoms with Crippen molar-refractivity contribution in [3.8, 4) is 0 Å². The van der Waals surface area contributed by atoms with Gasteiger partial charge in [0.2, 0.25) is 0 Å². The van der Waals surface area contributed by atoms with E-state index < -0.39 is 5.82 Å². The van der Waals surface area contributed by atoms with E-state index in [1.807, 2.05) is 6.07 Å². The lowest BCUT2D eigenvalue weighted by molar-refractivity contribution is 0.0766. The molecule has 0 aromatic heterocycles. The van der Waals surface area contributed by atoms with E-state index in [1.54, 1.807) is 36.0 Å². The van der Waals surface area contributed by atoms with Crippen molar-refractivity contribution < 1.29 is 18.4 Å². The first-order valence-corrected chi connectivity index (χ1v) is 9.63. The van der Waals surface area contributed by atoms with Gasteiger partial charge in [0.25, 0.3) is 5.91 Å². The van der Waals surface area contributed by atoms with Gasteiger partial charge in [-0.25, -0.2) is 13.6 Å². The molecule has 7 heteroatoms. The summed E-state index contributed by atoms with van der Waals surface area (Å²) in [7, 11) is 3.39. The lowest BCUT2D eigenvalue weighted by Gasteiger charge is -2.32. The highest BCUT2D eigenvalue weighted by atomic mass is 19.1. The average molecular weight is 399 g/mol. The molecule has 2 aromatic rings. The van der Waals surface area contributed by atoms with Crippen LogP contribution in [-0.2, 0) is 0 Å². The van der Waals surface area contributed by atoms with Gasteiger partial charge >= 0.3 is 6.03 Å². The minimum Gasteiger partial charge on any atom is -0.338 e. The maximum atomic E-state index is 13.9. The molecule has 2 saturated heterocycles. The molecule has 2 aliphatic rings. The van der Waals surface area contributed by atoms with Crippen molar-refractivity contribution in [1.29, 1.82) is 0 Å². The first-order valence-electron chi connectivity index (χ1n) is 9.63. The number of hydrogen-bond acceptors (Lipinski definition) is 2. The van der Waals surface area contributed by atoms with Gasteiger partial charge in [-0.1, -0.05) is 18.2 Å². The van der Waals surface area contributed by atoms with Crippen molar-refractivity contribution in [2.75, 3.05) is 33.7 Å². The summed E-state index contributed by atoms with van der Waals surface area (Å²) in [6, 6.07) is 11.5. The van der Waals surface area contributed by atoms with E-state index in [2.05, 4.69) is 0 Å². The van der Waals surface area contributed by atoms with Crippen LogP contribution in [0.3, 0.4) is 0 Å². The van der Waals surface area contributed by atoms with Gasteiger partial charge < -0.3 is 14.7 Å². The standard InChI is InChI=1S/C22H23F2N3O2/c1-25(2)22(29)27-12-16-11-26(21(28)15-6-4-8-18(24)10-15)13-19(16)20(27)14-5-3-7-17(23)9-14/h3-10,16,19-20H,11-13H2,1-2H3/t16-,19-,20-/m1/s1. The molecule has 2 fully saturated rings. The van der Waals surface area contributed by atoms with Crippen molar-refractivity contribution in [1.82, 2.24) is 14.7 Å². The molecule has 2 aliphatic heterocycles. The van der Waals surface area contributed by atoms with Crippen LogP contribution in [0.2, 0.25) is 0 Å². The summed E-state index contributed by atoms with van der Waals surface area (Å²) in [6.07, 6.45) is 0. The van der Waals surface area contributed by atoms with E-state index in [0.717, 1.165) is 5.56 Å². The van der Waals surface area contributed by atoms with Crippen LogP contribution < -0.4 is 0 Å². The van der Waals surface area contributed by atoms with Gasteiger partial charge in [-0.15, -0.1) is 0 Å². The highest BCUT2D eigenvalue weighted by Crippen LogP contribution is 2.45. The van der Waals surface area contributed by atoms with E-state index in [-0.39, 0.29) is 35.6 Å². The van der Waals surface area contributed by atoms with Gasteiger partial charge in [0.15, 0.2) is 0 Å². The highest BCUT2D eigenvalue weighted by Gasteiger charge is 2.50. The van der Waals surface area contributed by atoms with E-state index in [4.69, 9.17) is 0 Å². The maximum Gasteiger partial charge on any atom is 0.320 e. The molecule has 5 nitrogen and oxygen atoms in total. The second-order valence-electron chi connectivity index (χ2n) is 7.97. The fourth-order valence-electron chi connectivity index (χ4n) is 4.59. The number of halogens is 2. The molecule has 0 saturated carbocycles. The van der Waals surface area contributed by atoms with E-state index in [9.17, 15) is 18.4 Å². The van der Waals surface area contributed by atoms with Crippen molar-refractivity contribution in [2.45, 2.75) is 6.04 Å². The Bertz CT molecular complexity index is 949. The molecular formula is C22H23F2N3O2. The molecule has 3 amide bonds. The summed E-state index contributed by atoms with van der Waals surface area (Å²) in [5, 5.41) is 0. The zero-order valence-corrected chi connectivity index (χ0v) is 16.4. The van der Waals surface area contributed by atoms with Crippen molar-refractivity contribution in [3.63, 3.8) is 0 Å². The highest BCUT2D eigenvalue weighted by molar-refractivity contribution is 5.94. The summed E-state index contributed by atoms with van der Waals surface area (Å²) in [6.45, 7) is 1.43. The van der Waals surface area contributed by atoms with Gasteiger partial charge in [-0.05, 0) is 35.9 Å². The van der Waals surface area contributed by atoms with E-state index >= 15 is 0 Å². The van der Waals surface area contributed by atoms with Crippen LogP contribution in [0.15, 0.2) is 48.5 Å². The Kier molecular flexibility index (Phi) is 4.98. The molecule has 0 spiro atoms. The Hall–Kier alpha value is -2.96. The summed E-state index contributed by atoms with van der Waals surface area (Å²) in [4.78, 5) is 30.6. The zero-order chi connectivity index (χ0) is 20.7. The third-order valence-electron chi connectivity index (χ3n) is 5.84. The number of nitrogens with zero attached hydrogens (tertiary/aromatic N) is 3. The number of benzene rings is 2. The predicted molar refractivity (Wildman–Crippen MR) is 104 cm³/mol. The molecule has 2 heterocycles. The molecule has 0 aliphatic carbocycles. The molecule has 4 rings (SSSR count). The van der Waals surface area contributed by atoms with Crippen molar-refractivity contribution >= 4 is 11.9 Å². The van der Waals surface area contributed by atoms with Gasteiger partial charge in [0.1, 0.15) is 11.6 Å². The van der Waals surface area contributed by atoms with Gasteiger partial charge in [0, 0.05) is 51.1 Å². The third-order valence-corrected chi connectivity index (χ3v) is 5.84. The zero-order valence-electron chi connectivity index (χ0n) is 16.4. The summed E-state index contributed by atoms with van der Waals surface area (Å²) < 4.78 is 27.4. The summed E-state index contributed by atoms with van der Waals surface area (Å²) in [5.74, 6) is -0.935. The summed E-state index contributed by atoms with van der Waals surface area (Å²) in [5.41, 5.74) is 1.04. The molecular weight excluding hydrogens is 376 g/mol. The quantitative estimate of drug-likeness (QED) is 0.777. The fraction of sp³-hybridized carbons (Fsp3) is 0.364. The predicted octanol–water partition coefficient (Wildman–Crippen LogP) is 3.39. The number of urea groups is 1. The van der Waals surface area contributed by atoms with Crippen LogP contribution in [0.1, 0.15) is 22.0 Å². The Labute approximate surface area is 168 Å². The van der Waals surface area contributed by atoms with Crippen molar-refractivity contribution in [2.24, 2.45) is 11.8 Å². The first-order chi connectivity index (χ1) is 13.8. The molecule has 3 atom stereocenters. The Morgan fingerprint density at radius 3 is 2.31 bits per heavy atom. The van der Waals surface area contributed by atoms with Crippen LogP contribution >= 0.6 is 0 Å². The SMILES string of the molecule is CN(C)C(=O)N1C[C@H]2CN(C(=O)c3cccc(F)c3)C[C@H]2[C@H]1c1cccc(F)c1. The summed E-state index contributed by atoms with van der Waals surface area (Å²) >= 11 is 0. The number of carbonyl (C=O) groups excluding carboxylic acids is 2. The van der Waals surface area contributed by atoms with Gasteiger partial charge in [-0.3, -0.25) is 4.79 Å². The lowest BCUT2D eigenvalue weighted by Crippen LogP contribution is -2.42. The molecule has 0 unspecified atom stereocenters. The normalized spacial score (nSPS) is 23.2. The van der Waals surface area contributed by atoms with Crippen LogP contribution in [-0.4, -0.2) is 60.4 Å². The molecule has 0 bridgehead atoms. The van der Waals surface area contributed by atoms with Gasteiger partial charge in [-0.2, -0.15) is 0 Å². The Morgan fingerprint density at radius 1 is 0.966 bits per heavy atom. The Morgan fingerprint density at radius 2 is 1.66 bits per heavy atom. The Balaban J connectivity index is 1.62. The molecule has 0 radical (unpaired) electrons. The second kappa shape index (κ2) is 7.46. The number of fused-ring (bicyclic) bond motifs is 1. The van der Waals surface area contributed by atoms with Crippen LogP contribution in [0.5, 0.6) is 0 Å². The molecule has 29 heavy (non-hydrogen) atoms. The average Bonchev–Trinajstić information content (AvgIpc) is 3.24. The lowest BCUT2D eigenvalue weighted by atomic mass is 9.89. The largest absolute Gasteiger partial charge is 0.338 e.